The second-order valence-corrected chi connectivity index (χ2v) is 8.26. The van der Waals surface area contributed by atoms with Gasteiger partial charge in [-0.2, -0.15) is 0 Å². The van der Waals surface area contributed by atoms with Gasteiger partial charge < -0.3 is 14.2 Å². The van der Waals surface area contributed by atoms with Crippen LogP contribution in [0.15, 0.2) is 24.5 Å². The van der Waals surface area contributed by atoms with Crippen molar-refractivity contribution in [2.45, 2.75) is 51.3 Å². The molecule has 0 radical (unpaired) electrons. The molecule has 0 atom stereocenters. The number of nitrogens with zero attached hydrogens (tertiary/aromatic N) is 3. The Morgan fingerprint density at radius 1 is 1.43 bits per heavy atom. The van der Waals surface area contributed by atoms with E-state index in [0.29, 0.717) is 6.04 Å². The first-order valence-electron chi connectivity index (χ1n) is 7.82. The molecule has 2 heterocycles. The van der Waals surface area contributed by atoms with Gasteiger partial charge in [0.05, 0.1) is 5.52 Å². The summed E-state index contributed by atoms with van der Waals surface area (Å²) in [6, 6.07) is 4.89. The topological polar surface area (TPSA) is 47.4 Å². The number of hydrogen-bond donors (Lipinski definition) is 0. The van der Waals surface area contributed by atoms with E-state index in [-0.39, 0.29) is 12.1 Å². The molecule has 5 nitrogen and oxygen atoms in total. The van der Waals surface area contributed by atoms with Crippen LogP contribution in [0.1, 0.15) is 39.7 Å². The van der Waals surface area contributed by atoms with Gasteiger partial charge in [-0.05, 0) is 68.3 Å². The minimum Gasteiger partial charge on any atom is -0.444 e. The highest BCUT2D eigenvalue weighted by Gasteiger charge is 2.37. The molecule has 23 heavy (non-hydrogen) atoms. The van der Waals surface area contributed by atoms with Gasteiger partial charge >= 0.3 is 6.09 Å². The Labute approximate surface area is 150 Å². The Hall–Kier alpha value is -1.31. The number of halogens is 1. The van der Waals surface area contributed by atoms with E-state index in [1.807, 2.05) is 34.0 Å². The number of fused-ring (bicyclic) bond motifs is 1. The third-order valence-corrected chi connectivity index (χ3v) is 4.87. The van der Waals surface area contributed by atoms with Gasteiger partial charge in [-0.3, -0.25) is 0 Å². The molecule has 3 rings (SSSR count). The maximum absolute atomic E-state index is 12.1. The van der Waals surface area contributed by atoms with Gasteiger partial charge in [0, 0.05) is 36.9 Å². The van der Waals surface area contributed by atoms with Crippen LogP contribution >= 0.6 is 22.6 Å². The lowest BCUT2D eigenvalue weighted by Gasteiger charge is -2.42. The van der Waals surface area contributed by atoms with Crippen LogP contribution < -0.4 is 0 Å². The molecule has 0 bridgehead atoms. The number of amides is 1. The number of aromatic nitrogens is 2. The summed E-state index contributed by atoms with van der Waals surface area (Å²) in [5.74, 6) is 0. The van der Waals surface area contributed by atoms with Crippen LogP contribution in [0.5, 0.6) is 0 Å². The molecule has 1 aliphatic rings. The molecular formula is C17H22IN3O2. The molecule has 2 aromatic heterocycles. The van der Waals surface area contributed by atoms with Gasteiger partial charge in [0.25, 0.3) is 0 Å². The molecule has 6 heteroatoms. The monoisotopic (exact) mass is 427 g/mol. The molecule has 0 unspecified atom stereocenters. The van der Waals surface area contributed by atoms with Crippen LogP contribution in [-0.2, 0) is 4.74 Å². The lowest BCUT2D eigenvalue weighted by molar-refractivity contribution is 0.00813. The summed E-state index contributed by atoms with van der Waals surface area (Å²) in [5.41, 5.74) is 0.766. The number of hydrogen-bond acceptors (Lipinski definition) is 3. The number of ether oxygens (including phenoxy) is 1. The van der Waals surface area contributed by atoms with Crippen molar-refractivity contribution in [3.05, 3.63) is 28.2 Å². The smallest absolute Gasteiger partial charge is 0.410 e. The normalized spacial score (nSPS) is 21.1. The van der Waals surface area contributed by atoms with Gasteiger partial charge in [0.15, 0.2) is 0 Å². The summed E-state index contributed by atoms with van der Waals surface area (Å²) in [5, 5.41) is 1.16. The first-order chi connectivity index (χ1) is 10.7. The van der Waals surface area contributed by atoms with E-state index in [0.717, 1.165) is 21.9 Å². The predicted molar refractivity (Wildman–Crippen MR) is 98.5 cm³/mol. The fourth-order valence-corrected chi connectivity index (χ4v) is 3.36. The third kappa shape index (κ3) is 3.46. The fourth-order valence-electron chi connectivity index (χ4n) is 2.93. The molecule has 1 fully saturated rings. The van der Waals surface area contributed by atoms with E-state index in [1.165, 1.54) is 5.52 Å². The molecule has 0 saturated heterocycles. The molecule has 1 aliphatic carbocycles. The fraction of sp³-hybridized carbons (Fsp3) is 0.529. The van der Waals surface area contributed by atoms with Crippen LogP contribution in [0.3, 0.4) is 0 Å². The SMILES string of the molecule is CN(C(=O)OC(C)(C)C)C1CC(n2ccc3cnc(I)cc32)C1. The van der Waals surface area contributed by atoms with Gasteiger partial charge in [-0.25, -0.2) is 9.78 Å². The molecule has 0 N–H and O–H groups in total. The standard InChI is InChI=1S/C17H22IN3O2/c1-17(2,3)23-16(22)20(4)12-7-13(8-12)21-6-5-11-10-19-15(18)9-14(11)21/h5-6,9-10,12-13H,7-8H2,1-4H3. The zero-order valence-electron chi connectivity index (χ0n) is 13.9. The maximum Gasteiger partial charge on any atom is 0.410 e. The van der Waals surface area contributed by atoms with Crippen molar-refractivity contribution in [3.63, 3.8) is 0 Å². The Balaban J connectivity index is 1.66. The summed E-state index contributed by atoms with van der Waals surface area (Å²) in [6.45, 7) is 5.68. The number of rotatable bonds is 2. The van der Waals surface area contributed by atoms with Crippen molar-refractivity contribution >= 4 is 39.6 Å². The summed E-state index contributed by atoms with van der Waals surface area (Å²) >= 11 is 2.24. The predicted octanol–water partition coefficient (Wildman–Crippen LogP) is 4.21. The third-order valence-electron chi connectivity index (χ3n) is 4.28. The second kappa shape index (κ2) is 5.96. The first-order valence-corrected chi connectivity index (χ1v) is 8.90. The van der Waals surface area contributed by atoms with Crippen LogP contribution in [0.25, 0.3) is 10.9 Å². The van der Waals surface area contributed by atoms with Gasteiger partial charge in [-0.15, -0.1) is 0 Å². The van der Waals surface area contributed by atoms with E-state index >= 15 is 0 Å². The first kappa shape index (κ1) is 16.5. The van der Waals surface area contributed by atoms with E-state index in [1.54, 1.807) is 4.90 Å². The largest absolute Gasteiger partial charge is 0.444 e. The molecule has 124 valence electrons. The van der Waals surface area contributed by atoms with Crippen molar-refractivity contribution in [1.29, 1.82) is 0 Å². The minimum atomic E-state index is -0.450. The van der Waals surface area contributed by atoms with E-state index in [9.17, 15) is 4.79 Å². The Kier molecular flexibility index (Phi) is 4.29. The zero-order valence-corrected chi connectivity index (χ0v) is 16.1. The highest BCUT2D eigenvalue weighted by atomic mass is 127. The van der Waals surface area contributed by atoms with E-state index in [2.05, 4.69) is 50.5 Å². The summed E-state index contributed by atoms with van der Waals surface area (Å²) in [4.78, 5) is 18.2. The van der Waals surface area contributed by atoms with E-state index in [4.69, 9.17) is 4.74 Å². The summed E-state index contributed by atoms with van der Waals surface area (Å²) in [6.07, 6.45) is 5.71. The van der Waals surface area contributed by atoms with Crippen molar-refractivity contribution in [3.8, 4) is 0 Å². The van der Waals surface area contributed by atoms with Gasteiger partial charge in [0.2, 0.25) is 0 Å². The summed E-state index contributed by atoms with van der Waals surface area (Å²) in [7, 11) is 1.83. The number of carbonyl (C=O) groups is 1. The molecule has 0 spiro atoms. The molecule has 1 amide bonds. The summed E-state index contributed by atoms with van der Waals surface area (Å²) < 4.78 is 8.74. The van der Waals surface area contributed by atoms with Crippen molar-refractivity contribution in [1.82, 2.24) is 14.5 Å². The van der Waals surface area contributed by atoms with Gasteiger partial charge in [0.1, 0.15) is 9.30 Å². The molecule has 0 aromatic carbocycles. The van der Waals surface area contributed by atoms with Crippen molar-refractivity contribution in [2.75, 3.05) is 7.05 Å². The molecule has 2 aromatic rings. The lowest BCUT2D eigenvalue weighted by atomic mass is 9.85. The van der Waals surface area contributed by atoms with Crippen LogP contribution in [0, 0.1) is 3.70 Å². The van der Waals surface area contributed by atoms with Gasteiger partial charge in [-0.1, -0.05) is 0 Å². The lowest BCUT2D eigenvalue weighted by Crippen LogP contribution is -2.47. The maximum atomic E-state index is 12.1. The van der Waals surface area contributed by atoms with Crippen molar-refractivity contribution in [2.24, 2.45) is 0 Å². The Morgan fingerprint density at radius 3 is 2.78 bits per heavy atom. The second-order valence-electron chi connectivity index (χ2n) is 7.16. The highest BCUT2D eigenvalue weighted by molar-refractivity contribution is 14.1. The Morgan fingerprint density at radius 2 is 2.13 bits per heavy atom. The molecule has 0 aliphatic heterocycles. The zero-order chi connectivity index (χ0) is 16.8. The highest BCUT2D eigenvalue weighted by Crippen LogP contribution is 2.38. The van der Waals surface area contributed by atoms with Crippen LogP contribution in [0.2, 0.25) is 0 Å². The number of carbonyl (C=O) groups excluding carboxylic acids is 1. The van der Waals surface area contributed by atoms with Crippen molar-refractivity contribution < 1.29 is 9.53 Å². The van der Waals surface area contributed by atoms with E-state index < -0.39 is 5.60 Å². The average molecular weight is 427 g/mol. The quantitative estimate of drug-likeness (QED) is 0.533. The van der Waals surface area contributed by atoms with Crippen LogP contribution in [-0.4, -0.2) is 39.2 Å². The molecule has 1 saturated carbocycles. The average Bonchev–Trinajstić information content (AvgIpc) is 2.78. The Bertz CT molecular complexity index is 729. The van der Waals surface area contributed by atoms with Crippen LogP contribution in [0.4, 0.5) is 4.79 Å². The minimum absolute atomic E-state index is 0.239. The molecular weight excluding hydrogens is 405 g/mol. The number of pyridine rings is 1.